The van der Waals surface area contributed by atoms with Crippen LogP contribution in [-0.4, -0.2) is 10.2 Å². The molecule has 15 heavy (non-hydrogen) atoms. The van der Waals surface area contributed by atoms with E-state index in [9.17, 15) is 0 Å². The summed E-state index contributed by atoms with van der Waals surface area (Å²) in [6.07, 6.45) is 6.76. The molecule has 0 saturated heterocycles. The lowest BCUT2D eigenvalue weighted by molar-refractivity contribution is 1.05. The summed E-state index contributed by atoms with van der Waals surface area (Å²) in [5.74, 6) is 0. The first-order chi connectivity index (χ1) is 7.29. The van der Waals surface area contributed by atoms with Crippen LogP contribution in [-0.2, 0) is 6.42 Å². The Morgan fingerprint density at radius 2 is 1.93 bits per heavy atom. The summed E-state index contributed by atoms with van der Waals surface area (Å²) in [6, 6.07) is 6.43. The molecular formula is C13H14N2. The average Bonchev–Trinajstić information content (AvgIpc) is 2.29. The highest BCUT2D eigenvalue weighted by Crippen LogP contribution is 2.15. The molecule has 2 heteroatoms. The van der Waals surface area contributed by atoms with Gasteiger partial charge in [0, 0.05) is 10.8 Å². The van der Waals surface area contributed by atoms with Crippen molar-refractivity contribution in [2.24, 2.45) is 0 Å². The van der Waals surface area contributed by atoms with Crippen molar-refractivity contribution >= 4 is 10.8 Å². The Morgan fingerprint density at radius 3 is 2.67 bits per heavy atom. The molecule has 0 atom stereocenters. The quantitative estimate of drug-likeness (QED) is 0.693. The minimum atomic E-state index is 1.01. The van der Waals surface area contributed by atoms with E-state index in [1.807, 2.05) is 6.20 Å². The number of fused-ring (bicyclic) bond motifs is 1. The number of hydrogen-bond donors (Lipinski definition) is 0. The van der Waals surface area contributed by atoms with Gasteiger partial charge in [-0.1, -0.05) is 23.8 Å². The second-order valence-corrected chi connectivity index (χ2v) is 3.76. The minimum absolute atomic E-state index is 1.01. The van der Waals surface area contributed by atoms with Crippen LogP contribution in [0.4, 0.5) is 0 Å². The third kappa shape index (κ3) is 2.21. The van der Waals surface area contributed by atoms with Gasteiger partial charge in [-0.05, 0) is 31.9 Å². The fourth-order valence-electron chi connectivity index (χ4n) is 1.58. The molecule has 0 aliphatic rings. The van der Waals surface area contributed by atoms with Crippen molar-refractivity contribution < 1.29 is 0 Å². The summed E-state index contributed by atoms with van der Waals surface area (Å²) < 4.78 is 0. The maximum Gasteiger partial charge on any atom is 0.0574 e. The molecule has 0 saturated carbocycles. The van der Waals surface area contributed by atoms with Crippen LogP contribution < -0.4 is 0 Å². The van der Waals surface area contributed by atoms with Gasteiger partial charge in [0.1, 0.15) is 0 Å². The molecule has 0 aliphatic heterocycles. The van der Waals surface area contributed by atoms with Crippen LogP contribution in [0, 0.1) is 0 Å². The second-order valence-electron chi connectivity index (χ2n) is 3.76. The van der Waals surface area contributed by atoms with Gasteiger partial charge >= 0.3 is 0 Å². The molecule has 2 aromatic rings. The van der Waals surface area contributed by atoms with Crippen LogP contribution in [0.15, 0.2) is 42.2 Å². The van der Waals surface area contributed by atoms with Crippen molar-refractivity contribution in [2.45, 2.75) is 20.3 Å². The van der Waals surface area contributed by atoms with E-state index < -0.39 is 0 Å². The molecule has 1 heterocycles. The molecule has 0 amide bonds. The zero-order chi connectivity index (χ0) is 10.7. The van der Waals surface area contributed by atoms with Crippen LogP contribution in [0.1, 0.15) is 19.4 Å². The second kappa shape index (κ2) is 4.22. The largest absolute Gasteiger partial charge is 0.158 e. The average molecular weight is 198 g/mol. The number of aromatic nitrogens is 2. The van der Waals surface area contributed by atoms with Crippen molar-refractivity contribution in [1.82, 2.24) is 10.2 Å². The van der Waals surface area contributed by atoms with E-state index in [1.54, 1.807) is 6.20 Å². The van der Waals surface area contributed by atoms with Crippen molar-refractivity contribution in [2.75, 3.05) is 0 Å². The van der Waals surface area contributed by atoms with E-state index in [-0.39, 0.29) is 0 Å². The fourth-order valence-corrected chi connectivity index (χ4v) is 1.58. The molecule has 2 nitrogen and oxygen atoms in total. The Kier molecular flexibility index (Phi) is 2.77. The van der Waals surface area contributed by atoms with Gasteiger partial charge in [-0.25, -0.2) is 0 Å². The van der Waals surface area contributed by atoms with Crippen LogP contribution in [0.25, 0.3) is 10.8 Å². The summed E-state index contributed by atoms with van der Waals surface area (Å²) in [5, 5.41) is 10.1. The van der Waals surface area contributed by atoms with Crippen LogP contribution in [0.3, 0.4) is 0 Å². The van der Waals surface area contributed by atoms with Gasteiger partial charge in [-0.3, -0.25) is 0 Å². The molecule has 0 unspecified atom stereocenters. The Hall–Kier alpha value is -1.70. The number of hydrogen-bond acceptors (Lipinski definition) is 2. The summed E-state index contributed by atoms with van der Waals surface area (Å²) in [6.45, 7) is 4.22. The first-order valence-electron chi connectivity index (χ1n) is 5.10. The first kappa shape index (κ1) is 9.84. The van der Waals surface area contributed by atoms with E-state index in [4.69, 9.17) is 0 Å². The molecular weight excluding hydrogens is 184 g/mol. The van der Waals surface area contributed by atoms with Gasteiger partial charge in [0.05, 0.1) is 12.4 Å². The van der Waals surface area contributed by atoms with Crippen LogP contribution in [0.2, 0.25) is 0 Å². The van der Waals surface area contributed by atoms with Crippen LogP contribution in [0.5, 0.6) is 0 Å². The highest BCUT2D eigenvalue weighted by Gasteiger charge is 1.97. The monoisotopic (exact) mass is 198 g/mol. The van der Waals surface area contributed by atoms with Gasteiger partial charge in [0.2, 0.25) is 0 Å². The standard InChI is InChI=1S/C13H14N2/c1-3-10(2)6-11-4-5-12-8-14-15-9-13(12)7-11/h3-5,7-9H,6H2,1-2H3/b10-3+. The highest BCUT2D eigenvalue weighted by molar-refractivity contribution is 5.81. The molecule has 2 rings (SSSR count). The molecule has 1 aromatic heterocycles. The zero-order valence-electron chi connectivity index (χ0n) is 9.07. The van der Waals surface area contributed by atoms with Crippen molar-refractivity contribution in [3.63, 3.8) is 0 Å². The number of benzene rings is 1. The van der Waals surface area contributed by atoms with Gasteiger partial charge in [-0.2, -0.15) is 10.2 Å². The maximum atomic E-state index is 3.89. The predicted molar refractivity (Wildman–Crippen MR) is 62.7 cm³/mol. The highest BCUT2D eigenvalue weighted by atomic mass is 15.1. The van der Waals surface area contributed by atoms with Crippen LogP contribution >= 0.6 is 0 Å². The zero-order valence-corrected chi connectivity index (χ0v) is 9.07. The predicted octanol–water partition coefficient (Wildman–Crippen LogP) is 3.14. The fraction of sp³-hybridized carbons (Fsp3) is 0.231. The Labute approximate surface area is 89.7 Å². The molecule has 0 spiro atoms. The third-order valence-corrected chi connectivity index (χ3v) is 2.59. The van der Waals surface area contributed by atoms with Gasteiger partial charge in [0.25, 0.3) is 0 Å². The molecule has 0 aliphatic carbocycles. The lowest BCUT2D eigenvalue weighted by atomic mass is 10.0. The van der Waals surface area contributed by atoms with Crippen molar-refractivity contribution in [3.8, 4) is 0 Å². The molecule has 0 radical (unpaired) electrons. The van der Waals surface area contributed by atoms with E-state index in [2.05, 4.69) is 48.3 Å². The van der Waals surface area contributed by atoms with Gasteiger partial charge in [0.15, 0.2) is 0 Å². The third-order valence-electron chi connectivity index (χ3n) is 2.59. The van der Waals surface area contributed by atoms with Gasteiger partial charge in [-0.15, -0.1) is 0 Å². The number of nitrogens with zero attached hydrogens (tertiary/aromatic N) is 2. The first-order valence-corrected chi connectivity index (χ1v) is 5.10. The Bertz CT molecular complexity index is 501. The van der Waals surface area contributed by atoms with E-state index in [1.165, 1.54) is 11.1 Å². The maximum absolute atomic E-state index is 3.89. The number of rotatable bonds is 2. The lowest BCUT2D eigenvalue weighted by Crippen LogP contribution is -1.88. The summed E-state index contributed by atoms with van der Waals surface area (Å²) in [4.78, 5) is 0. The lowest BCUT2D eigenvalue weighted by Gasteiger charge is -2.03. The summed E-state index contributed by atoms with van der Waals surface area (Å²) in [5.41, 5.74) is 2.71. The molecule has 76 valence electrons. The Morgan fingerprint density at radius 1 is 1.20 bits per heavy atom. The Balaban J connectivity index is 2.39. The topological polar surface area (TPSA) is 25.8 Å². The molecule has 0 bridgehead atoms. The van der Waals surface area contributed by atoms with Gasteiger partial charge < -0.3 is 0 Å². The van der Waals surface area contributed by atoms with Crippen molar-refractivity contribution in [1.29, 1.82) is 0 Å². The summed E-state index contributed by atoms with van der Waals surface area (Å²) in [7, 11) is 0. The number of allylic oxidation sites excluding steroid dienone is 2. The normalized spacial score (nSPS) is 12.0. The van der Waals surface area contributed by atoms with Crippen molar-refractivity contribution in [3.05, 3.63) is 47.8 Å². The van der Waals surface area contributed by atoms with E-state index in [0.29, 0.717) is 0 Å². The summed E-state index contributed by atoms with van der Waals surface area (Å²) >= 11 is 0. The van der Waals surface area contributed by atoms with E-state index >= 15 is 0 Å². The SMILES string of the molecule is C/C=C(\C)Cc1ccc2cnncc2c1. The van der Waals surface area contributed by atoms with E-state index in [0.717, 1.165) is 17.2 Å². The minimum Gasteiger partial charge on any atom is -0.158 e. The molecule has 0 N–H and O–H groups in total. The molecule has 1 aromatic carbocycles. The molecule has 0 fully saturated rings. The smallest absolute Gasteiger partial charge is 0.0574 e.